The van der Waals surface area contributed by atoms with Crippen molar-refractivity contribution in [3.63, 3.8) is 0 Å². The molecule has 0 radical (unpaired) electrons. The number of nitrogens with zero attached hydrogens (tertiary/aromatic N) is 5. The van der Waals surface area contributed by atoms with Crippen molar-refractivity contribution < 1.29 is 9.59 Å². The van der Waals surface area contributed by atoms with E-state index in [9.17, 15) is 9.59 Å². The fourth-order valence-corrected chi connectivity index (χ4v) is 3.46. The second-order valence-corrected chi connectivity index (χ2v) is 6.64. The Labute approximate surface area is 146 Å². The molecule has 2 atom stereocenters. The van der Waals surface area contributed by atoms with Crippen molar-refractivity contribution in [2.24, 2.45) is 14.1 Å². The van der Waals surface area contributed by atoms with E-state index < -0.39 is 6.04 Å². The first kappa shape index (κ1) is 17.2. The topological polar surface area (TPSA) is 85.1 Å². The number of hydrogen-bond donors (Lipinski definition) is 1. The standard InChI is InChI=1S/C17H24N6O2/c1-10(15-11(2)20-22(5)12(15)3)16(24)19-14-6-7-23(17(14)25)13-8-18-21(4)9-13/h8-10,14H,6-7H2,1-5H3,(H,19,24). The number of aryl methyl sites for hydroxylation is 3. The summed E-state index contributed by atoms with van der Waals surface area (Å²) in [5, 5.41) is 11.4. The first-order valence-corrected chi connectivity index (χ1v) is 8.40. The number of aromatic nitrogens is 4. The van der Waals surface area contributed by atoms with Gasteiger partial charge in [0.25, 0.3) is 0 Å². The van der Waals surface area contributed by atoms with E-state index in [1.807, 2.05) is 34.9 Å². The van der Waals surface area contributed by atoms with Crippen LogP contribution in [0, 0.1) is 13.8 Å². The Balaban J connectivity index is 1.70. The van der Waals surface area contributed by atoms with Crippen LogP contribution in [-0.2, 0) is 23.7 Å². The molecule has 1 saturated heterocycles. The summed E-state index contributed by atoms with van der Waals surface area (Å²) >= 11 is 0. The largest absolute Gasteiger partial charge is 0.344 e. The molecule has 0 saturated carbocycles. The maximum absolute atomic E-state index is 12.7. The Kier molecular flexibility index (Phi) is 4.36. The summed E-state index contributed by atoms with van der Waals surface area (Å²) < 4.78 is 3.43. The van der Waals surface area contributed by atoms with E-state index in [0.717, 1.165) is 22.6 Å². The zero-order chi connectivity index (χ0) is 18.3. The van der Waals surface area contributed by atoms with E-state index in [1.54, 1.807) is 26.7 Å². The van der Waals surface area contributed by atoms with Crippen LogP contribution in [-0.4, -0.2) is 44.0 Å². The Bertz CT molecular complexity index is 821. The average Bonchev–Trinajstić information content (AvgIpc) is 3.20. The van der Waals surface area contributed by atoms with Crippen LogP contribution >= 0.6 is 0 Å². The molecule has 0 bridgehead atoms. The average molecular weight is 344 g/mol. The molecule has 8 nitrogen and oxygen atoms in total. The molecule has 0 aliphatic carbocycles. The molecule has 1 aliphatic heterocycles. The van der Waals surface area contributed by atoms with Crippen LogP contribution in [0.3, 0.4) is 0 Å². The van der Waals surface area contributed by atoms with E-state index in [-0.39, 0.29) is 17.7 Å². The van der Waals surface area contributed by atoms with Gasteiger partial charge in [-0.25, -0.2) is 0 Å². The van der Waals surface area contributed by atoms with Gasteiger partial charge < -0.3 is 10.2 Å². The van der Waals surface area contributed by atoms with Crippen LogP contribution in [0.1, 0.15) is 36.2 Å². The lowest BCUT2D eigenvalue weighted by atomic mass is 9.98. The molecule has 3 heterocycles. The van der Waals surface area contributed by atoms with E-state index >= 15 is 0 Å². The molecule has 1 aliphatic rings. The smallest absolute Gasteiger partial charge is 0.249 e. The number of rotatable bonds is 4. The SMILES string of the molecule is Cc1nn(C)c(C)c1C(C)C(=O)NC1CCN(c2cnn(C)c2)C1=O. The molecular weight excluding hydrogens is 320 g/mol. The highest BCUT2D eigenvalue weighted by Gasteiger charge is 2.35. The lowest BCUT2D eigenvalue weighted by molar-refractivity contribution is -0.127. The predicted molar refractivity (Wildman–Crippen MR) is 93.2 cm³/mol. The monoisotopic (exact) mass is 344 g/mol. The quantitative estimate of drug-likeness (QED) is 0.889. The van der Waals surface area contributed by atoms with Crippen LogP contribution < -0.4 is 10.2 Å². The van der Waals surface area contributed by atoms with Gasteiger partial charge in [-0.3, -0.25) is 19.0 Å². The number of nitrogens with one attached hydrogen (secondary N) is 1. The summed E-state index contributed by atoms with van der Waals surface area (Å²) in [4.78, 5) is 26.9. The van der Waals surface area contributed by atoms with Crippen molar-refractivity contribution in [1.29, 1.82) is 0 Å². The highest BCUT2D eigenvalue weighted by atomic mass is 16.2. The normalized spacial score (nSPS) is 18.7. The molecule has 25 heavy (non-hydrogen) atoms. The number of carbonyl (C=O) groups is 2. The maximum Gasteiger partial charge on any atom is 0.249 e. The summed E-state index contributed by atoms with van der Waals surface area (Å²) in [6, 6.07) is -0.493. The van der Waals surface area contributed by atoms with E-state index in [4.69, 9.17) is 0 Å². The molecule has 8 heteroatoms. The van der Waals surface area contributed by atoms with Gasteiger partial charge in [0.05, 0.1) is 23.5 Å². The molecule has 0 aromatic carbocycles. The fourth-order valence-electron chi connectivity index (χ4n) is 3.46. The van der Waals surface area contributed by atoms with Crippen LogP contribution in [0.25, 0.3) is 0 Å². The zero-order valence-electron chi connectivity index (χ0n) is 15.3. The number of hydrogen-bond acceptors (Lipinski definition) is 4. The van der Waals surface area contributed by atoms with Crippen molar-refractivity contribution >= 4 is 17.5 Å². The molecule has 0 spiro atoms. The number of carbonyl (C=O) groups excluding carboxylic acids is 2. The highest BCUT2D eigenvalue weighted by molar-refractivity contribution is 6.01. The zero-order valence-corrected chi connectivity index (χ0v) is 15.3. The van der Waals surface area contributed by atoms with Crippen molar-refractivity contribution in [2.45, 2.75) is 39.2 Å². The summed E-state index contributed by atoms with van der Waals surface area (Å²) in [7, 11) is 3.67. The number of amides is 2. The first-order valence-electron chi connectivity index (χ1n) is 8.40. The lowest BCUT2D eigenvalue weighted by Crippen LogP contribution is -2.43. The third-order valence-electron chi connectivity index (χ3n) is 4.92. The fraction of sp³-hybridized carbons (Fsp3) is 0.529. The third kappa shape index (κ3) is 3.04. The van der Waals surface area contributed by atoms with Crippen LogP contribution in [0.15, 0.2) is 12.4 Å². The second-order valence-electron chi connectivity index (χ2n) is 6.64. The van der Waals surface area contributed by atoms with Crippen molar-refractivity contribution in [3.8, 4) is 0 Å². The lowest BCUT2D eigenvalue weighted by Gasteiger charge is -2.18. The van der Waals surface area contributed by atoms with E-state index in [1.165, 1.54) is 0 Å². The number of anilines is 1. The molecule has 1 N–H and O–H groups in total. The Morgan fingerprint density at radius 2 is 2.08 bits per heavy atom. The summed E-state index contributed by atoms with van der Waals surface area (Å²) in [6.45, 7) is 6.28. The van der Waals surface area contributed by atoms with Gasteiger partial charge in [0.2, 0.25) is 11.8 Å². The Hall–Kier alpha value is -2.64. The van der Waals surface area contributed by atoms with Crippen molar-refractivity contribution in [1.82, 2.24) is 24.9 Å². The van der Waals surface area contributed by atoms with E-state index in [0.29, 0.717) is 13.0 Å². The van der Waals surface area contributed by atoms with Crippen molar-refractivity contribution in [3.05, 3.63) is 29.3 Å². The minimum absolute atomic E-state index is 0.0896. The molecule has 2 amide bonds. The van der Waals surface area contributed by atoms with Crippen LogP contribution in [0.2, 0.25) is 0 Å². The third-order valence-corrected chi connectivity index (χ3v) is 4.92. The van der Waals surface area contributed by atoms with Gasteiger partial charge in [0.15, 0.2) is 0 Å². The van der Waals surface area contributed by atoms with Gasteiger partial charge in [-0.1, -0.05) is 0 Å². The maximum atomic E-state index is 12.7. The predicted octanol–water partition coefficient (Wildman–Crippen LogP) is 0.796. The Morgan fingerprint density at radius 1 is 1.36 bits per heavy atom. The van der Waals surface area contributed by atoms with Gasteiger partial charge in [-0.2, -0.15) is 10.2 Å². The minimum atomic E-state index is -0.493. The molecule has 2 aromatic heterocycles. The molecule has 2 unspecified atom stereocenters. The minimum Gasteiger partial charge on any atom is -0.344 e. The Morgan fingerprint density at radius 3 is 2.64 bits per heavy atom. The van der Waals surface area contributed by atoms with Crippen molar-refractivity contribution in [2.75, 3.05) is 11.4 Å². The highest BCUT2D eigenvalue weighted by Crippen LogP contribution is 2.25. The van der Waals surface area contributed by atoms with Gasteiger partial charge in [0.1, 0.15) is 6.04 Å². The molecule has 134 valence electrons. The summed E-state index contributed by atoms with van der Waals surface area (Å²) in [6.07, 6.45) is 4.05. The van der Waals surface area contributed by atoms with Crippen LogP contribution in [0.4, 0.5) is 5.69 Å². The molecule has 3 rings (SSSR count). The first-order chi connectivity index (χ1) is 11.8. The van der Waals surface area contributed by atoms with E-state index in [2.05, 4.69) is 15.5 Å². The van der Waals surface area contributed by atoms with Gasteiger partial charge >= 0.3 is 0 Å². The second kappa shape index (κ2) is 6.34. The van der Waals surface area contributed by atoms with Gasteiger partial charge in [-0.15, -0.1) is 0 Å². The molecular formula is C17H24N6O2. The molecule has 1 fully saturated rings. The summed E-state index contributed by atoms with van der Waals surface area (Å²) in [5.41, 5.74) is 3.50. The van der Waals surface area contributed by atoms with Crippen LogP contribution in [0.5, 0.6) is 0 Å². The summed E-state index contributed by atoms with van der Waals surface area (Å²) in [5.74, 6) is -0.590. The molecule has 2 aromatic rings. The van der Waals surface area contributed by atoms with Gasteiger partial charge in [0, 0.05) is 38.1 Å². The van der Waals surface area contributed by atoms with Gasteiger partial charge in [-0.05, 0) is 27.2 Å².